The van der Waals surface area contributed by atoms with Crippen molar-refractivity contribution in [2.45, 2.75) is 0 Å². The van der Waals surface area contributed by atoms with Gasteiger partial charge in [0.15, 0.2) is 13.9 Å². The number of hydrogen-bond acceptors (Lipinski definition) is 4. The zero-order valence-electron chi connectivity index (χ0n) is 27.5. The highest BCUT2D eigenvalue weighted by Gasteiger charge is 2.54. The lowest BCUT2D eigenvalue weighted by Crippen LogP contribution is -2.77. The fourth-order valence-corrected chi connectivity index (χ4v) is 12.9. The standard InChI is InChI=1S/C46H30N2O2Si/c1-4-15-31(16-5-1)37-30-38(48-46(47-37)32-17-6-2-7-18-32)34-20-14-19-33(29-34)36-27-28-41-45-44(36)50-40-24-11-13-26-43(40)51(45,35-21-8-3-9-22-35)42-25-12-10-23-39(42)49-41/h1-30H. The van der Waals surface area contributed by atoms with Gasteiger partial charge in [-0.2, -0.15) is 0 Å². The Balaban J connectivity index is 1.19. The fourth-order valence-electron chi connectivity index (χ4n) is 7.77. The lowest BCUT2D eigenvalue weighted by molar-refractivity contribution is 0.465. The number of aromatic nitrogens is 2. The largest absolute Gasteiger partial charge is 0.457 e. The second-order valence-corrected chi connectivity index (χ2v) is 16.6. The van der Waals surface area contributed by atoms with Crippen molar-refractivity contribution in [3.05, 3.63) is 182 Å². The van der Waals surface area contributed by atoms with Crippen molar-refractivity contribution in [3.8, 4) is 68.0 Å². The number of nitrogens with zero attached hydrogens (tertiary/aromatic N) is 2. The molecule has 1 aromatic heterocycles. The molecule has 0 N–H and O–H groups in total. The molecule has 8 aromatic rings. The predicted octanol–water partition coefficient (Wildman–Crippen LogP) is 8.73. The van der Waals surface area contributed by atoms with E-state index in [4.69, 9.17) is 19.4 Å². The van der Waals surface area contributed by atoms with Gasteiger partial charge in [-0.05, 0) is 57.5 Å². The molecule has 240 valence electrons. The first kappa shape index (κ1) is 29.4. The van der Waals surface area contributed by atoms with Crippen LogP contribution in [0.4, 0.5) is 0 Å². The molecule has 0 fully saturated rings. The third-order valence-corrected chi connectivity index (χ3v) is 14.9. The van der Waals surface area contributed by atoms with Gasteiger partial charge >= 0.3 is 0 Å². The topological polar surface area (TPSA) is 44.2 Å². The van der Waals surface area contributed by atoms with Crippen LogP contribution in [0, 0.1) is 0 Å². The fraction of sp³-hybridized carbons (Fsp3) is 0. The zero-order chi connectivity index (χ0) is 33.8. The van der Waals surface area contributed by atoms with Gasteiger partial charge < -0.3 is 9.47 Å². The van der Waals surface area contributed by atoms with Crippen LogP contribution >= 0.6 is 0 Å². The molecule has 0 spiro atoms. The van der Waals surface area contributed by atoms with Crippen molar-refractivity contribution in [2.24, 2.45) is 0 Å². The molecule has 10 rings (SSSR count). The summed E-state index contributed by atoms with van der Waals surface area (Å²) in [7, 11) is -2.85. The molecular weight excluding hydrogens is 641 g/mol. The van der Waals surface area contributed by atoms with E-state index in [9.17, 15) is 0 Å². The van der Waals surface area contributed by atoms with E-state index in [2.05, 4.69) is 146 Å². The molecule has 0 saturated heterocycles. The summed E-state index contributed by atoms with van der Waals surface area (Å²) in [5, 5.41) is 4.91. The Labute approximate surface area is 297 Å². The summed E-state index contributed by atoms with van der Waals surface area (Å²) >= 11 is 0. The highest BCUT2D eigenvalue weighted by molar-refractivity contribution is 7.21. The van der Waals surface area contributed by atoms with Gasteiger partial charge in [-0.15, -0.1) is 0 Å². The summed E-state index contributed by atoms with van der Waals surface area (Å²) in [4.78, 5) is 10.1. The Hall–Kier alpha value is -6.56. The molecule has 3 heterocycles. The van der Waals surface area contributed by atoms with Gasteiger partial charge in [0.2, 0.25) is 0 Å². The van der Waals surface area contributed by atoms with Gasteiger partial charge in [-0.25, -0.2) is 9.97 Å². The minimum atomic E-state index is -2.85. The Bertz CT molecular complexity index is 2520. The first-order valence-corrected chi connectivity index (χ1v) is 19.2. The van der Waals surface area contributed by atoms with Gasteiger partial charge in [0.1, 0.15) is 23.0 Å². The molecule has 7 aromatic carbocycles. The van der Waals surface area contributed by atoms with E-state index in [1.54, 1.807) is 0 Å². The van der Waals surface area contributed by atoms with Crippen LogP contribution in [-0.4, -0.2) is 18.0 Å². The van der Waals surface area contributed by atoms with Crippen molar-refractivity contribution in [3.63, 3.8) is 0 Å². The average Bonchev–Trinajstić information content (AvgIpc) is 3.21. The molecule has 4 nitrogen and oxygen atoms in total. The van der Waals surface area contributed by atoms with Gasteiger partial charge in [-0.3, -0.25) is 0 Å². The smallest absolute Gasteiger partial charge is 0.197 e. The quantitative estimate of drug-likeness (QED) is 0.172. The van der Waals surface area contributed by atoms with Crippen molar-refractivity contribution in [1.82, 2.24) is 9.97 Å². The number of fused-ring (bicyclic) bond motifs is 4. The number of ether oxygens (including phenoxy) is 2. The summed E-state index contributed by atoms with van der Waals surface area (Å²) < 4.78 is 13.7. The maximum absolute atomic E-state index is 7.00. The van der Waals surface area contributed by atoms with Gasteiger partial charge in [-0.1, -0.05) is 146 Å². The minimum absolute atomic E-state index is 0.690. The third kappa shape index (κ3) is 4.67. The minimum Gasteiger partial charge on any atom is -0.457 e. The van der Waals surface area contributed by atoms with E-state index in [0.29, 0.717) is 5.82 Å². The SMILES string of the molecule is c1ccc(-c2cc(-c3cccc(-c4ccc5c6c4Oc4ccccc4[Si]6(c4ccccc4)c4ccccc4O5)c3)nc(-c3ccccc3)n2)cc1. The summed E-state index contributed by atoms with van der Waals surface area (Å²) in [6.45, 7) is 0. The maximum atomic E-state index is 7.00. The van der Waals surface area contributed by atoms with Crippen molar-refractivity contribution >= 4 is 28.8 Å². The molecule has 0 saturated carbocycles. The van der Waals surface area contributed by atoms with Crippen LogP contribution in [0.1, 0.15) is 0 Å². The molecule has 1 atom stereocenters. The summed E-state index contributed by atoms with van der Waals surface area (Å²) in [5.41, 5.74) is 6.81. The van der Waals surface area contributed by atoms with E-state index >= 15 is 0 Å². The molecule has 2 aliphatic rings. The van der Waals surface area contributed by atoms with E-state index < -0.39 is 8.07 Å². The monoisotopic (exact) mass is 670 g/mol. The molecular formula is C46H30N2O2Si. The Morgan fingerprint density at radius 2 is 0.941 bits per heavy atom. The maximum Gasteiger partial charge on any atom is 0.197 e. The molecule has 0 aliphatic carbocycles. The number of para-hydroxylation sites is 2. The van der Waals surface area contributed by atoms with Crippen molar-refractivity contribution in [2.75, 3.05) is 0 Å². The molecule has 0 radical (unpaired) electrons. The Morgan fingerprint density at radius 1 is 0.392 bits per heavy atom. The van der Waals surface area contributed by atoms with Crippen LogP contribution in [0.5, 0.6) is 23.0 Å². The third-order valence-electron chi connectivity index (χ3n) is 10.0. The average molecular weight is 671 g/mol. The Kier molecular flexibility index (Phi) is 6.79. The molecule has 2 aliphatic heterocycles. The van der Waals surface area contributed by atoms with Crippen LogP contribution in [0.2, 0.25) is 0 Å². The lowest BCUT2D eigenvalue weighted by atomic mass is 9.99. The number of rotatable bonds is 5. The Morgan fingerprint density at radius 3 is 1.65 bits per heavy atom. The summed E-state index contributed by atoms with van der Waals surface area (Å²) in [6.07, 6.45) is 0. The highest BCUT2D eigenvalue weighted by atomic mass is 28.3. The number of hydrogen-bond donors (Lipinski definition) is 0. The van der Waals surface area contributed by atoms with Crippen LogP contribution < -0.4 is 30.2 Å². The van der Waals surface area contributed by atoms with E-state index in [1.807, 2.05) is 36.4 Å². The normalized spacial score (nSPS) is 15.1. The summed E-state index contributed by atoms with van der Waals surface area (Å²) in [6, 6.07) is 63.5. The lowest BCUT2D eigenvalue weighted by Gasteiger charge is -2.44. The molecule has 0 amide bonds. The van der Waals surface area contributed by atoms with Crippen LogP contribution in [0.25, 0.3) is 45.0 Å². The zero-order valence-corrected chi connectivity index (χ0v) is 28.5. The highest BCUT2D eigenvalue weighted by Crippen LogP contribution is 2.44. The molecule has 0 bridgehead atoms. The van der Waals surface area contributed by atoms with Crippen LogP contribution in [0.15, 0.2) is 182 Å². The van der Waals surface area contributed by atoms with E-state index in [-0.39, 0.29) is 0 Å². The van der Waals surface area contributed by atoms with Gasteiger partial charge in [0, 0.05) is 27.4 Å². The summed E-state index contributed by atoms with van der Waals surface area (Å²) in [5.74, 6) is 4.19. The predicted molar refractivity (Wildman–Crippen MR) is 208 cm³/mol. The number of benzene rings is 7. The van der Waals surface area contributed by atoms with Crippen LogP contribution in [0.3, 0.4) is 0 Å². The first-order chi connectivity index (χ1) is 25.3. The first-order valence-electron chi connectivity index (χ1n) is 17.2. The van der Waals surface area contributed by atoms with Gasteiger partial charge in [0.25, 0.3) is 0 Å². The second kappa shape index (κ2) is 11.8. The molecule has 51 heavy (non-hydrogen) atoms. The van der Waals surface area contributed by atoms with Crippen LogP contribution in [-0.2, 0) is 0 Å². The van der Waals surface area contributed by atoms with Gasteiger partial charge in [0.05, 0.1) is 11.4 Å². The van der Waals surface area contributed by atoms with E-state index in [0.717, 1.165) is 67.4 Å². The van der Waals surface area contributed by atoms with E-state index in [1.165, 1.54) is 15.6 Å². The second-order valence-electron chi connectivity index (χ2n) is 12.9. The molecule has 5 heteroatoms. The van der Waals surface area contributed by atoms with Crippen molar-refractivity contribution < 1.29 is 9.47 Å². The molecule has 1 unspecified atom stereocenters. The van der Waals surface area contributed by atoms with Crippen molar-refractivity contribution in [1.29, 1.82) is 0 Å².